The molecule has 2 heterocycles. The van der Waals surface area contributed by atoms with E-state index < -0.39 is 5.60 Å². The maximum absolute atomic E-state index is 12.5. The number of hydrogen-bond donors (Lipinski definition) is 0. The van der Waals surface area contributed by atoms with E-state index in [1.165, 1.54) is 0 Å². The Labute approximate surface area is 130 Å². The van der Waals surface area contributed by atoms with Crippen molar-refractivity contribution in [3.8, 4) is 11.5 Å². The van der Waals surface area contributed by atoms with Crippen LogP contribution in [0.25, 0.3) is 0 Å². The molecule has 0 radical (unpaired) electrons. The van der Waals surface area contributed by atoms with E-state index in [4.69, 9.17) is 9.47 Å². The average molecular weight is 303 g/mol. The Morgan fingerprint density at radius 3 is 2.86 bits per heavy atom. The third-order valence-electron chi connectivity index (χ3n) is 4.42. The molecule has 22 heavy (non-hydrogen) atoms. The van der Waals surface area contributed by atoms with Gasteiger partial charge in [-0.3, -0.25) is 9.59 Å². The number of fused-ring (bicyclic) bond motifs is 1. The van der Waals surface area contributed by atoms with Crippen LogP contribution in [0, 0.1) is 5.92 Å². The molecule has 0 aliphatic carbocycles. The first-order valence-electron chi connectivity index (χ1n) is 7.63. The molecule has 3 rings (SSSR count). The number of Topliss-reactive ketones (excluding diaryl/α,β-unsaturated/α-hetero) is 1. The molecule has 1 unspecified atom stereocenters. The lowest BCUT2D eigenvalue weighted by Gasteiger charge is -2.34. The van der Waals surface area contributed by atoms with E-state index in [0.29, 0.717) is 43.0 Å². The first-order chi connectivity index (χ1) is 10.4. The van der Waals surface area contributed by atoms with Crippen LogP contribution >= 0.6 is 0 Å². The summed E-state index contributed by atoms with van der Waals surface area (Å²) < 4.78 is 11.3. The molecule has 1 atom stereocenters. The number of benzene rings is 1. The van der Waals surface area contributed by atoms with Crippen LogP contribution in [-0.2, 0) is 4.79 Å². The van der Waals surface area contributed by atoms with Gasteiger partial charge in [0.2, 0.25) is 5.91 Å². The van der Waals surface area contributed by atoms with Gasteiger partial charge in [-0.15, -0.1) is 0 Å². The number of hydrogen-bond acceptors (Lipinski definition) is 4. The number of rotatable bonds is 2. The van der Waals surface area contributed by atoms with Crippen LogP contribution in [0.1, 0.15) is 37.0 Å². The van der Waals surface area contributed by atoms with E-state index in [9.17, 15) is 9.59 Å². The Morgan fingerprint density at radius 1 is 1.41 bits per heavy atom. The van der Waals surface area contributed by atoms with Gasteiger partial charge in [0.05, 0.1) is 25.6 Å². The van der Waals surface area contributed by atoms with Crippen LogP contribution in [0.2, 0.25) is 0 Å². The molecule has 0 bridgehead atoms. The van der Waals surface area contributed by atoms with E-state index >= 15 is 0 Å². The highest BCUT2D eigenvalue weighted by Gasteiger charge is 2.47. The molecule has 1 fully saturated rings. The van der Waals surface area contributed by atoms with Crippen LogP contribution in [0.15, 0.2) is 18.2 Å². The largest absolute Gasteiger partial charge is 0.497 e. The Bertz CT molecular complexity index is 625. The summed E-state index contributed by atoms with van der Waals surface area (Å²) in [4.78, 5) is 26.4. The second-order valence-electron chi connectivity index (χ2n) is 6.41. The molecule has 2 aliphatic heterocycles. The lowest BCUT2D eigenvalue weighted by Crippen LogP contribution is -2.45. The van der Waals surface area contributed by atoms with Crippen LogP contribution < -0.4 is 9.47 Å². The Hall–Kier alpha value is -2.04. The summed E-state index contributed by atoms with van der Waals surface area (Å²) in [5.74, 6) is 1.38. The molecular weight excluding hydrogens is 282 g/mol. The number of nitrogens with zero attached hydrogens (tertiary/aromatic N) is 1. The number of methoxy groups -OCH3 is 1. The van der Waals surface area contributed by atoms with Crippen molar-refractivity contribution in [3.05, 3.63) is 23.8 Å². The maximum Gasteiger partial charge on any atom is 0.225 e. The number of amides is 1. The minimum absolute atomic E-state index is 0.0361. The number of carbonyl (C=O) groups is 2. The van der Waals surface area contributed by atoms with Gasteiger partial charge in [0.15, 0.2) is 5.78 Å². The number of carbonyl (C=O) groups excluding carboxylic acids is 2. The van der Waals surface area contributed by atoms with E-state index in [1.807, 2.05) is 18.7 Å². The lowest BCUT2D eigenvalue weighted by atomic mass is 9.89. The summed E-state index contributed by atoms with van der Waals surface area (Å²) in [6.45, 7) is 4.92. The van der Waals surface area contributed by atoms with Gasteiger partial charge in [0.25, 0.3) is 0 Å². The van der Waals surface area contributed by atoms with Crippen LogP contribution in [0.5, 0.6) is 11.5 Å². The molecular formula is C17H21NO4. The second kappa shape index (κ2) is 5.30. The molecule has 1 aromatic carbocycles. The fourth-order valence-electron chi connectivity index (χ4n) is 3.23. The van der Waals surface area contributed by atoms with Crippen molar-refractivity contribution in [2.75, 3.05) is 20.2 Å². The van der Waals surface area contributed by atoms with Crippen molar-refractivity contribution < 1.29 is 19.1 Å². The zero-order valence-electron chi connectivity index (χ0n) is 13.2. The Morgan fingerprint density at radius 2 is 2.18 bits per heavy atom. The lowest BCUT2D eigenvalue weighted by molar-refractivity contribution is -0.134. The normalized spacial score (nSPS) is 23.6. The summed E-state index contributed by atoms with van der Waals surface area (Å²) in [5, 5.41) is 0. The quantitative estimate of drug-likeness (QED) is 0.841. The summed E-state index contributed by atoms with van der Waals surface area (Å²) in [6.07, 6.45) is 1.01. The van der Waals surface area contributed by atoms with E-state index in [1.54, 1.807) is 25.3 Å². The molecule has 5 heteroatoms. The fourth-order valence-corrected chi connectivity index (χ4v) is 3.23. The molecule has 5 nitrogen and oxygen atoms in total. The van der Waals surface area contributed by atoms with E-state index in [2.05, 4.69) is 0 Å². The highest BCUT2D eigenvalue weighted by molar-refractivity contribution is 6.01. The molecule has 0 saturated carbocycles. The minimum atomic E-state index is -0.566. The smallest absolute Gasteiger partial charge is 0.225 e. The summed E-state index contributed by atoms with van der Waals surface area (Å²) >= 11 is 0. The van der Waals surface area contributed by atoms with Crippen LogP contribution in [0.3, 0.4) is 0 Å². The van der Waals surface area contributed by atoms with Gasteiger partial charge in [0.1, 0.15) is 17.1 Å². The maximum atomic E-state index is 12.5. The van der Waals surface area contributed by atoms with Gasteiger partial charge in [-0.05, 0) is 18.2 Å². The van der Waals surface area contributed by atoms with Crippen molar-refractivity contribution in [1.29, 1.82) is 0 Å². The van der Waals surface area contributed by atoms with Crippen molar-refractivity contribution in [1.82, 2.24) is 4.90 Å². The van der Waals surface area contributed by atoms with E-state index in [0.717, 1.165) is 0 Å². The first-order valence-corrected chi connectivity index (χ1v) is 7.63. The topological polar surface area (TPSA) is 55.8 Å². The van der Waals surface area contributed by atoms with Crippen molar-refractivity contribution in [2.24, 2.45) is 5.92 Å². The van der Waals surface area contributed by atoms with Gasteiger partial charge >= 0.3 is 0 Å². The highest BCUT2D eigenvalue weighted by Crippen LogP contribution is 2.40. The zero-order valence-corrected chi connectivity index (χ0v) is 13.2. The van der Waals surface area contributed by atoms with Crippen molar-refractivity contribution in [2.45, 2.75) is 32.3 Å². The van der Waals surface area contributed by atoms with Gasteiger partial charge < -0.3 is 14.4 Å². The fraction of sp³-hybridized carbons (Fsp3) is 0.529. The SMILES string of the molecule is COc1ccc2c(c1)C(=O)CC1(CCN(C(=O)C(C)C)C1)O2. The monoisotopic (exact) mass is 303 g/mol. The predicted molar refractivity (Wildman–Crippen MR) is 81.3 cm³/mol. The zero-order chi connectivity index (χ0) is 15.9. The molecule has 1 saturated heterocycles. The standard InChI is InChI=1S/C17H21NO4/c1-11(2)16(20)18-7-6-17(10-18)9-14(19)13-8-12(21-3)4-5-15(13)22-17/h4-5,8,11H,6-7,9-10H2,1-3H3. The Balaban J connectivity index is 1.84. The van der Waals surface area contributed by atoms with Gasteiger partial charge in [-0.2, -0.15) is 0 Å². The van der Waals surface area contributed by atoms with Gasteiger partial charge in [-0.25, -0.2) is 0 Å². The number of ketones is 1. The molecule has 1 amide bonds. The summed E-state index contributed by atoms with van der Waals surface area (Å²) in [5.41, 5.74) is 0.00191. The average Bonchev–Trinajstić information content (AvgIpc) is 2.89. The van der Waals surface area contributed by atoms with E-state index in [-0.39, 0.29) is 17.6 Å². The summed E-state index contributed by atoms with van der Waals surface area (Å²) in [7, 11) is 1.57. The first kappa shape index (κ1) is 14.9. The van der Waals surface area contributed by atoms with Gasteiger partial charge in [-0.1, -0.05) is 13.8 Å². The minimum Gasteiger partial charge on any atom is -0.497 e. The molecule has 118 valence electrons. The van der Waals surface area contributed by atoms with Crippen molar-refractivity contribution in [3.63, 3.8) is 0 Å². The Kier molecular flexibility index (Phi) is 3.59. The molecule has 1 spiro atoms. The predicted octanol–water partition coefficient (Wildman–Crippen LogP) is 2.29. The third kappa shape index (κ3) is 2.45. The van der Waals surface area contributed by atoms with Gasteiger partial charge in [0, 0.05) is 18.9 Å². The number of ether oxygens (including phenoxy) is 2. The summed E-state index contributed by atoms with van der Waals surface area (Å²) in [6, 6.07) is 5.29. The van der Waals surface area contributed by atoms with Crippen LogP contribution in [0.4, 0.5) is 0 Å². The van der Waals surface area contributed by atoms with Crippen LogP contribution in [-0.4, -0.2) is 42.4 Å². The number of likely N-dealkylation sites (tertiary alicyclic amines) is 1. The molecule has 0 aromatic heterocycles. The molecule has 1 aromatic rings. The second-order valence-corrected chi connectivity index (χ2v) is 6.41. The third-order valence-corrected chi connectivity index (χ3v) is 4.42. The highest BCUT2D eigenvalue weighted by atomic mass is 16.5. The molecule has 2 aliphatic rings. The molecule has 0 N–H and O–H groups in total. The van der Waals surface area contributed by atoms with Crippen molar-refractivity contribution >= 4 is 11.7 Å².